The minimum absolute atomic E-state index is 0.000385. The van der Waals surface area contributed by atoms with E-state index >= 15 is 0 Å². The largest absolute Gasteiger partial charge is 0.496 e. The van der Waals surface area contributed by atoms with E-state index in [1.165, 1.54) is 0 Å². The zero-order valence-corrected chi connectivity index (χ0v) is 19.4. The smallest absolute Gasteiger partial charge is 0.268 e. The second-order valence-electron chi connectivity index (χ2n) is 8.88. The summed E-state index contributed by atoms with van der Waals surface area (Å²) in [5.74, 6) is 0.0203. The maximum atomic E-state index is 13.1. The monoisotopic (exact) mass is 455 g/mol. The van der Waals surface area contributed by atoms with E-state index in [2.05, 4.69) is 32.6 Å². The summed E-state index contributed by atoms with van der Waals surface area (Å²) >= 11 is 0. The molecule has 0 bridgehead atoms. The van der Waals surface area contributed by atoms with Gasteiger partial charge in [0.05, 0.1) is 13.7 Å². The van der Waals surface area contributed by atoms with Gasteiger partial charge in [-0.1, -0.05) is 19.9 Å². The summed E-state index contributed by atoms with van der Waals surface area (Å²) in [6.07, 6.45) is 1.69. The number of rotatable bonds is 11. The van der Waals surface area contributed by atoms with Crippen molar-refractivity contribution in [2.45, 2.75) is 45.2 Å². The van der Waals surface area contributed by atoms with Crippen molar-refractivity contribution >= 4 is 35.3 Å². The van der Waals surface area contributed by atoms with Crippen molar-refractivity contribution in [3.05, 3.63) is 30.0 Å². The highest BCUT2D eigenvalue weighted by Crippen LogP contribution is 2.26. The number of hydrogen-bond donors (Lipinski definition) is 4. The van der Waals surface area contributed by atoms with E-state index in [0.717, 1.165) is 17.3 Å². The van der Waals surface area contributed by atoms with E-state index in [1.54, 1.807) is 13.2 Å². The molecule has 0 saturated carbocycles. The zero-order valence-electron chi connectivity index (χ0n) is 19.4. The SMILES string of the molecule is C=NC[C@H](C[C@@H]1CCNC1=O)NC(=O)[C@H](CC(C)C)NC(=O)c1cc2c(OC)cccc2[nH]1. The normalized spacial score (nSPS) is 17.5. The molecule has 1 aromatic carbocycles. The van der Waals surface area contributed by atoms with Crippen LogP contribution in [-0.2, 0) is 9.59 Å². The lowest BCUT2D eigenvalue weighted by atomic mass is 9.97. The van der Waals surface area contributed by atoms with Gasteiger partial charge in [-0.2, -0.15) is 0 Å². The first-order valence-electron chi connectivity index (χ1n) is 11.3. The molecule has 1 aliphatic rings. The number of benzene rings is 1. The predicted molar refractivity (Wildman–Crippen MR) is 128 cm³/mol. The number of fused-ring (bicyclic) bond motifs is 1. The highest BCUT2D eigenvalue weighted by Gasteiger charge is 2.30. The Labute approximate surface area is 193 Å². The summed E-state index contributed by atoms with van der Waals surface area (Å²) in [7, 11) is 1.58. The lowest BCUT2D eigenvalue weighted by molar-refractivity contribution is -0.125. The molecule has 0 unspecified atom stereocenters. The average Bonchev–Trinajstić information content (AvgIpc) is 3.39. The molecule has 3 amide bonds. The van der Waals surface area contributed by atoms with Gasteiger partial charge in [0, 0.05) is 29.4 Å². The lowest BCUT2D eigenvalue weighted by Gasteiger charge is -2.24. The number of carbonyl (C=O) groups is 3. The number of carbonyl (C=O) groups excluding carboxylic acids is 3. The van der Waals surface area contributed by atoms with Crippen LogP contribution in [-0.4, -0.2) is 61.7 Å². The number of H-pyrrole nitrogens is 1. The fourth-order valence-electron chi connectivity index (χ4n) is 4.22. The van der Waals surface area contributed by atoms with Crippen molar-refractivity contribution in [1.29, 1.82) is 0 Å². The molecule has 33 heavy (non-hydrogen) atoms. The van der Waals surface area contributed by atoms with Crippen LogP contribution in [0.3, 0.4) is 0 Å². The molecule has 9 heteroatoms. The van der Waals surface area contributed by atoms with Crippen molar-refractivity contribution in [3.8, 4) is 5.75 Å². The van der Waals surface area contributed by atoms with E-state index < -0.39 is 6.04 Å². The number of methoxy groups -OCH3 is 1. The van der Waals surface area contributed by atoms with E-state index in [9.17, 15) is 14.4 Å². The van der Waals surface area contributed by atoms with Crippen LogP contribution in [0, 0.1) is 11.8 Å². The lowest BCUT2D eigenvalue weighted by Crippen LogP contribution is -2.51. The maximum absolute atomic E-state index is 13.1. The minimum atomic E-state index is -0.726. The molecular weight excluding hydrogens is 422 g/mol. The molecule has 2 heterocycles. The number of nitrogens with zero attached hydrogens (tertiary/aromatic N) is 1. The van der Waals surface area contributed by atoms with Gasteiger partial charge in [0.1, 0.15) is 17.5 Å². The van der Waals surface area contributed by atoms with E-state index in [1.807, 2.05) is 32.0 Å². The first-order chi connectivity index (χ1) is 15.8. The van der Waals surface area contributed by atoms with E-state index in [-0.39, 0.29) is 35.6 Å². The number of aliphatic imine (C=N–C) groups is 1. The van der Waals surface area contributed by atoms with Crippen LogP contribution in [0.25, 0.3) is 10.9 Å². The van der Waals surface area contributed by atoms with Gasteiger partial charge in [-0.25, -0.2) is 0 Å². The molecule has 3 rings (SSSR count). The van der Waals surface area contributed by atoms with Gasteiger partial charge in [0.15, 0.2) is 0 Å². The summed E-state index contributed by atoms with van der Waals surface area (Å²) in [5, 5.41) is 9.45. The molecule has 1 fully saturated rings. The van der Waals surface area contributed by atoms with Gasteiger partial charge in [-0.3, -0.25) is 19.4 Å². The summed E-state index contributed by atoms with van der Waals surface area (Å²) in [4.78, 5) is 45.1. The third-order valence-corrected chi connectivity index (χ3v) is 5.85. The molecule has 1 aliphatic heterocycles. The van der Waals surface area contributed by atoms with Crippen LogP contribution < -0.4 is 20.7 Å². The Kier molecular flexibility index (Phi) is 8.08. The number of ether oxygens (including phenoxy) is 1. The molecule has 1 aromatic heterocycles. The highest BCUT2D eigenvalue weighted by molar-refractivity contribution is 6.01. The van der Waals surface area contributed by atoms with E-state index in [0.29, 0.717) is 37.4 Å². The maximum Gasteiger partial charge on any atom is 0.268 e. The molecule has 4 N–H and O–H groups in total. The minimum Gasteiger partial charge on any atom is -0.496 e. The third kappa shape index (κ3) is 6.12. The van der Waals surface area contributed by atoms with Crippen molar-refractivity contribution in [2.24, 2.45) is 16.8 Å². The van der Waals surface area contributed by atoms with Crippen LogP contribution in [0.5, 0.6) is 5.75 Å². The summed E-state index contributed by atoms with van der Waals surface area (Å²) in [6, 6.07) is 6.19. The quantitative estimate of drug-likeness (QED) is 0.387. The predicted octanol–water partition coefficient (Wildman–Crippen LogP) is 2.03. The van der Waals surface area contributed by atoms with Gasteiger partial charge in [-0.15, -0.1) is 0 Å². The Balaban J connectivity index is 1.72. The van der Waals surface area contributed by atoms with Crippen LogP contribution in [0.2, 0.25) is 0 Å². The number of aromatic amines is 1. The Bertz CT molecular complexity index is 1020. The van der Waals surface area contributed by atoms with Crippen LogP contribution in [0.4, 0.5) is 0 Å². The van der Waals surface area contributed by atoms with Crippen molar-refractivity contribution in [2.75, 3.05) is 20.2 Å². The van der Waals surface area contributed by atoms with Crippen molar-refractivity contribution in [3.63, 3.8) is 0 Å². The first-order valence-corrected chi connectivity index (χ1v) is 11.3. The molecule has 0 spiro atoms. The second kappa shape index (κ2) is 11.0. The van der Waals surface area contributed by atoms with Gasteiger partial charge < -0.3 is 25.7 Å². The van der Waals surface area contributed by atoms with Gasteiger partial charge in [-0.05, 0) is 50.1 Å². The molecule has 178 valence electrons. The van der Waals surface area contributed by atoms with Crippen LogP contribution in [0.1, 0.15) is 43.6 Å². The van der Waals surface area contributed by atoms with Crippen molar-refractivity contribution in [1.82, 2.24) is 20.9 Å². The Morgan fingerprint density at radius 1 is 1.30 bits per heavy atom. The van der Waals surface area contributed by atoms with Gasteiger partial charge >= 0.3 is 0 Å². The molecule has 0 radical (unpaired) electrons. The molecule has 2 aromatic rings. The number of nitrogens with one attached hydrogen (secondary N) is 4. The zero-order chi connectivity index (χ0) is 24.0. The Hall–Kier alpha value is -3.36. The fraction of sp³-hybridized carbons (Fsp3) is 0.500. The fourth-order valence-corrected chi connectivity index (χ4v) is 4.22. The second-order valence-corrected chi connectivity index (χ2v) is 8.88. The standard InChI is InChI=1S/C24H33N5O4/c1-14(2)10-19(23(31)27-16(13-25-3)11-15-8-9-26-22(15)30)29-24(32)20-12-17-18(28-20)6-5-7-21(17)33-4/h5-7,12,14-16,19,28H,3,8-11,13H2,1-2,4H3,(H,26,30)(H,27,31)(H,29,32)/t15-,16-,19-/m0/s1. The molecule has 1 saturated heterocycles. The third-order valence-electron chi connectivity index (χ3n) is 5.85. The summed E-state index contributed by atoms with van der Waals surface area (Å²) < 4.78 is 5.36. The van der Waals surface area contributed by atoms with Crippen LogP contribution >= 0.6 is 0 Å². The Morgan fingerprint density at radius 3 is 2.73 bits per heavy atom. The van der Waals surface area contributed by atoms with E-state index in [4.69, 9.17) is 4.74 Å². The van der Waals surface area contributed by atoms with Gasteiger partial charge in [0.2, 0.25) is 11.8 Å². The highest BCUT2D eigenvalue weighted by atomic mass is 16.5. The average molecular weight is 456 g/mol. The summed E-state index contributed by atoms with van der Waals surface area (Å²) in [5.41, 5.74) is 1.12. The number of amides is 3. The summed E-state index contributed by atoms with van der Waals surface area (Å²) in [6.45, 7) is 8.47. The number of hydrogen-bond acceptors (Lipinski definition) is 5. The van der Waals surface area contributed by atoms with Crippen LogP contribution in [0.15, 0.2) is 29.3 Å². The van der Waals surface area contributed by atoms with Gasteiger partial charge in [0.25, 0.3) is 5.91 Å². The molecule has 3 atom stereocenters. The molecule has 9 nitrogen and oxygen atoms in total. The topological polar surface area (TPSA) is 125 Å². The van der Waals surface area contributed by atoms with Crippen molar-refractivity contribution < 1.29 is 19.1 Å². The number of aromatic nitrogens is 1. The Morgan fingerprint density at radius 2 is 2.09 bits per heavy atom. The first kappa shape index (κ1) is 24.3. The molecular formula is C24H33N5O4. The molecule has 0 aliphatic carbocycles.